The van der Waals surface area contributed by atoms with Gasteiger partial charge in [-0.25, -0.2) is 9.37 Å². The third-order valence-corrected chi connectivity index (χ3v) is 3.42. The van der Waals surface area contributed by atoms with E-state index in [1.54, 1.807) is 6.07 Å². The smallest absolute Gasteiger partial charge is 0.125 e. The van der Waals surface area contributed by atoms with Crippen LogP contribution >= 0.6 is 11.6 Å². The van der Waals surface area contributed by atoms with Crippen LogP contribution in [-0.4, -0.2) is 35.5 Å². The fourth-order valence-electron chi connectivity index (χ4n) is 2.30. The molecule has 1 fully saturated rings. The Labute approximate surface area is 115 Å². The van der Waals surface area contributed by atoms with Gasteiger partial charge in [0.2, 0.25) is 0 Å². The molecule has 1 aromatic heterocycles. The van der Waals surface area contributed by atoms with Crippen LogP contribution in [0.4, 0.5) is 4.39 Å². The van der Waals surface area contributed by atoms with Gasteiger partial charge in [0.1, 0.15) is 11.6 Å². The van der Waals surface area contributed by atoms with Crippen molar-refractivity contribution in [3.63, 3.8) is 0 Å². The van der Waals surface area contributed by atoms with E-state index < -0.39 is 0 Å². The van der Waals surface area contributed by atoms with Crippen LogP contribution in [0.3, 0.4) is 0 Å². The number of halogens is 2. The maximum Gasteiger partial charge on any atom is 0.125 e. The van der Waals surface area contributed by atoms with Crippen LogP contribution in [0.5, 0.6) is 0 Å². The fourth-order valence-corrected chi connectivity index (χ4v) is 2.51. The Kier molecular flexibility index (Phi) is 3.68. The topological polar surface area (TPSA) is 36.3 Å². The van der Waals surface area contributed by atoms with Crippen molar-refractivity contribution in [1.82, 2.24) is 9.55 Å². The number of nitrogens with zero attached hydrogens (tertiary/aromatic N) is 2. The van der Waals surface area contributed by atoms with Crippen LogP contribution in [0, 0.1) is 5.82 Å². The molecule has 6 heteroatoms. The first kappa shape index (κ1) is 12.8. The lowest BCUT2D eigenvalue weighted by Gasteiger charge is -2.24. The average molecular weight is 285 g/mol. The summed E-state index contributed by atoms with van der Waals surface area (Å²) >= 11 is 5.91. The van der Waals surface area contributed by atoms with Crippen LogP contribution in [-0.2, 0) is 21.9 Å². The van der Waals surface area contributed by atoms with Gasteiger partial charge in [-0.1, -0.05) is 0 Å². The van der Waals surface area contributed by atoms with Gasteiger partial charge in [-0.15, -0.1) is 11.6 Å². The van der Waals surface area contributed by atoms with Gasteiger partial charge in [-0.05, 0) is 12.1 Å². The summed E-state index contributed by atoms with van der Waals surface area (Å²) in [5, 5.41) is 0. The molecule has 1 aliphatic rings. The maximum absolute atomic E-state index is 13.2. The first-order valence-corrected chi connectivity index (χ1v) is 6.71. The van der Waals surface area contributed by atoms with Crippen molar-refractivity contribution in [2.24, 2.45) is 0 Å². The van der Waals surface area contributed by atoms with Gasteiger partial charge in [0.25, 0.3) is 0 Å². The second kappa shape index (κ2) is 5.45. The summed E-state index contributed by atoms with van der Waals surface area (Å²) in [7, 11) is 0. The lowest BCUT2D eigenvalue weighted by Crippen LogP contribution is -2.32. The molecule has 0 spiro atoms. The maximum atomic E-state index is 13.2. The number of fused-ring (bicyclic) bond motifs is 1. The number of imidazole rings is 1. The Morgan fingerprint density at radius 3 is 3.05 bits per heavy atom. The molecule has 0 aliphatic carbocycles. The predicted octanol–water partition coefficient (Wildman–Crippen LogP) is 2.33. The number of alkyl halides is 1. The molecule has 0 bridgehead atoms. The Bertz CT molecular complexity index is 581. The average Bonchev–Trinajstić information content (AvgIpc) is 2.77. The Morgan fingerprint density at radius 2 is 2.32 bits per heavy atom. The largest absolute Gasteiger partial charge is 0.376 e. The van der Waals surface area contributed by atoms with E-state index in [-0.39, 0.29) is 17.8 Å². The van der Waals surface area contributed by atoms with E-state index >= 15 is 0 Å². The quantitative estimate of drug-likeness (QED) is 0.812. The molecule has 0 radical (unpaired) electrons. The molecule has 2 aromatic rings. The number of rotatable bonds is 3. The first-order chi connectivity index (χ1) is 9.28. The molecule has 102 valence electrons. The molecule has 0 N–H and O–H groups in total. The molecule has 1 aliphatic heterocycles. The van der Waals surface area contributed by atoms with Crippen molar-refractivity contribution >= 4 is 22.6 Å². The first-order valence-electron chi connectivity index (χ1n) is 6.18. The van der Waals surface area contributed by atoms with Crippen molar-refractivity contribution in [1.29, 1.82) is 0 Å². The molecule has 19 heavy (non-hydrogen) atoms. The van der Waals surface area contributed by atoms with Gasteiger partial charge >= 0.3 is 0 Å². The Hall–Kier alpha value is -1.17. The van der Waals surface area contributed by atoms with Gasteiger partial charge in [-0.2, -0.15) is 0 Å². The number of ether oxygens (including phenoxy) is 2. The third kappa shape index (κ3) is 2.59. The molecule has 1 atom stereocenters. The lowest BCUT2D eigenvalue weighted by molar-refractivity contribution is -0.0934. The highest BCUT2D eigenvalue weighted by molar-refractivity contribution is 6.16. The minimum absolute atomic E-state index is 0.0156. The fraction of sp³-hybridized carbons (Fsp3) is 0.462. The Morgan fingerprint density at radius 1 is 1.42 bits per heavy atom. The summed E-state index contributed by atoms with van der Waals surface area (Å²) in [5.41, 5.74) is 1.48. The molecule has 0 saturated carbocycles. The summed E-state index contributed by atoms with van der Waals surface area (Å²) in [6.45, 7) is 2.41. The van der Waals surface area contributed by atoms with Gasteiger partial charge in [0, 0.05) is 6.07 Å². The molecule has 1 unspecified atom stereocenters. The number of benzene rings is 1. The molecule has 3 rings (SSSR count). The zero-order valence-electron chi connectivity index (χ0n) is 10.3. The van der Waals surface area contributed by atoms with Crippen LogP contribution in [0.25, 0.3) is 11.0 Å². The third-order valence-electron chi connectivity index (χ3n) is 3.18. The molecule has 4 nitrogen and oxygen atoms in total. The Balaban J connectivity index is 1.95. The molecule has 1 saturated heterocycles. The second-order valence-corrected chi connectivity index (χ2v) is 4.74. The molecular weight excluding hydrogens is 271 g/mol. The normalized spacial score (nSPS) is 20.0. The standard InChI is InChI=1S/C13H14ClFN2O2/c14-6-13-16-11-5-9(15)1-2-12(11)17(13)7-10-8-18-3-4-19-10/h1-2,5,10H,3-4,6-8H2. The monoisotopic (exact) mass is 284 g/mol. The predicted molar refractivity (Wildman–Crippen MR) is 69.8 cm³/mol. The molecule has 2 heterocycles. The van der Waals surface area contributed by atoms with E-state index in [4.69, 9.17) is 21.1 Å². The van der Waals surface area contributed by atoms with Crippen LogP contribution in [0.1, 0.15) is 5.82 Å². The molecular formula is C13H14ClFN2O2. The van der Waals surface area contributed by atoms with Crippen LogP contribution in [0.2, 0.25) is 0 Å². The zero-order chi connectivity index (χ0) is 13.2. The van der Waals surface area contributed by atoms with Crippen LogP contribution < -0.4 is 0 Å². The molecule has 0 amide bonds. The summed E-state index contributed by atoms with van der Waals surface area (Å²) in [6, 6.07) is 4.56. The highest BCUT2D eigenvalue weighted by Gasteiger charge is 2.18. The van der Waals surface area contributed by atoms with E-state index in [0.29, 0.717) is 31.9 Å². The number of hydrogen-bond donors (Lipinski definition) is 0. The van der Waals surface area contributed by atoms with Crippen LogP contribution in [0.15, 0.2) is 18.2 Å². The summed E-state index contributed by atoms with van der Waals surface area (Å²) < 4.78 is 26.2. The van der Waals surface area contributed by atoms with Crippen molar-refractivity contribution in [2.45, 2.75) is 18.5 Å². The number of aromatic nitrogens is 2. The lowest BCUT2D eigenvalue weighted by atomic mass is 10.3. The molecule has 1 aromatic carbocycles. The van der Waals surface area contributed by atoms with Crippen molar-refractivity contribution in [3.05, 3.63) is 29.8 Å². The van der Waals surface area contributed by atoms with Crippen molar-refractivity contribution in [3.8, 4) is 0 Å². The SMILES string of the molecule is Fc1ccc2c(c1)nc(CCl)n2CC1COCCO1. The number of hydrogen-bond acceptors (Lipinski definition) is 3. The van der Waals surface area contributed by atoms with E-state index in [1.807, 2.05) is 4.57 Å². The minimum Gasteiger partial charge on any atom is -0.376 e. The van der Waals surface area contributed by atoms with E-state index in [0.717, 1.165) is 11.3 Å². The minimum atomic E-state index is -0.296. The van der Waals surface area contributed by atoms with Gasteiger partial charge in [0.15, 0.2) is 0 Å². The van der Waals surface area contributed by atoms with E-state index in [9.17, 15) is 4.39 Å². The zero-order valence-corrected chi connectivity index (χ0v) is 11.1. The summed E-state index contributed by atoms with van der Waals surface area (Å²) in [4.78, 5) is 4.35. The second-order valence-electron chi connectivity index (χ2n) is 4.47. The summed E-state index contributed by atoms with van der Waals surface area (Å²) in [6.07, 6.45) is -0.0156. The van der Waals surface area contributed by atoms with Gasteiger partial charge in [-0.3, -0.25) is 0 Å². The highest BCUT2D eigenvalue weighted by Crippen LogP contribution is 2.20. The van der Waals surface area contributed by atoms with E-state index in [2.05, 4.69) is 4.98 Å². The van der Waals surface area contributed by atoms with Gasteiger partial charge in [0.05, 0.1) is 49.4 Å². The summed E-state index contributed by atoms with van der Waals surface area (Å²) in [5.74, 6) is 0.705. The van der Waals surface area contributed by atoms with Crippen molar-refractivity contribution < 1.29 is 13.9 Å². The highest BCUT2D eigenvalue weighted by atomic mass is 35.5. The van der Waals surface area contributed by atoms with E-state index in [1.165, 1.54) is 12.1 Å². The van der Waals surface area contributed by atoms with Gasteiger partial charge < -0.3 is 14.0 Å². The van der Waals surface area contributed by atoms with Crippen molar-refractivity contribution in [2.75, 3.05) is 19.8 Å².